The first-order valence-electron chi connectivity index (χ1n) is 9.93. The van der Waals surface area contributed by atoms with Gasteiger partial charge in [-0.1, -0.05) is 17.7 Å². The number of hydrogen-bond acceptors (Lipinski definition) is 5. The Morgan fingerprint density at radius 3 is 2.36 bits per heavy atom. The van der Waals surface area contributed by atoms with E-state index in [0.717, 1.165) is 63.1 Å². The normalized spacial score (nSPS) is 18.4. The van der Waals surface area contributed by atoms with Gasteiger partial charge in [0.15, 0.2) is 0 Å². The second-order valence-corrected chi connectivity index (χ2v) is 7.99. The van der Waals surface area contributed by atoms with E-state index in [2.05, 4.69) is 32.8 Å². The molecular formula is C21H26ClN5O. The highest BCUT2D eigenvalue weighted by atomic mass is 35.5. The molecule has 4 rings (SSSR count). The Kier molecular flexibility index (Phi) is 5.67. The lowest BCUT2D eigenvalue weighted by Crippen LogP contribution is -2.52. The van der Waals surface area contributed by atoms with Gasteiger partial charge in [-0.3, -0.25) is 4.79 Å². The van der Waals surface area contributed by atoms with Crippen LogP contribution in [0.15, 0.2) is 36.7 Å². The highest BCUT2D eigenvalue weighted by Gasteiger charge is 2.31. The molecule has 0 unspecified atom stereocenters. The quantitative estimate of drug-likeness (QED) is 0.794. The van der Waals surface area contributed by atoms with Gasteiger partial charge in [0, 0.05) is 68.3 Å². The van der Waals surface area contributed by atoms with E-state index in [1.165, 1.54) is 11.3 Å². The van der Waals surface area contributed by atoms with Gasteiger partial charge >= 0.3 is 0 Å². The number of carbonyl (C=O) groups excluding carboxylic acids is 1. The maximum Gasteiger partial charge on any atom is 0.225 e. The van der Waals surface area contributed by atoms with Crippen molar-refractivity contribution in [2.45, 2.75) is 19.8 Å². The van der Waals surface area contributed by atoms with Gasteiger partial charge < -0.3 is 14.7 Å². The standard InChI is InChI=1S/C21H26ClN5O/c1-16-3-4-18(22)15-19(16)25-11-13-26(14-12-25)20(28)17-5-9-27(10-6-17)21-23-7-2-8-24-21/h2-4,7-8,15,17H,5-6,9-14H2,1H3. The van der Waals surface area contributed by atoms with Crippen LogP contribution in [-0.4, -0.2) is 60.0 Å². The summed E-state index contributed by atoms with van der Waals surface area (Å²) in [5, 5.41) is 0.758. The number of aryl methyl sites for hydroxylation is 1. The molecule has 3 heterocycles. The number of piperidine rings is 1. The second kappa shape index (κ2) is 8.35. The Labute approximate surface area is 171 Å². The van der Waals surface area contributed by atoms with Crippen molar-refractivity contribution in [3.63, 3.8) is 0 Å². The van der Waals surface area contributed by atoms with Gasteiger partial charge in [-0.05, 0) is 43.5 Å². The number of rotatable bonds is 3. The number of anilines is 2. The summed E-state index contributed by atoms with van der Waals surface area (Å²) in [4.78, 5) is 28.2. The summed E-state index contributed by atoms with van der Waals surface area (Å²) in [6.07, 6.45) is 5.26. The zero-order chi connectivity index (χ0) is 19.5. The second-order valence-electron chi connectivity index (χ2n) is 7.55. The minimum Gasteiger partial charge on any atom is -0.368 e. The zero-order valence-electron chi connectivity index (χ0n) is 16.2. The number of amides is 1. The van der Waals surface area contributed by atoms with Gasteiger partial charge in [0.1, 0.15) is 0 Å². The summed E-state index contributed by atoms with van der Waals surface area (Å²) in [7, 11) is 0. The molecule has 6 nitrogen and oxygen atoms in total. The Hall–Kier alpha value is -2.34. The molecule has 2 saturated heterocycles. The third-order valence-electron chi connectivity index (χ3n) is 5.78. The van der Waals surface area contributed by atoms with Gasteiger partial charge in [-0.25, -0.2) is 9.97 Å². The van der Waals surface area contributed by atoms with Crippen LogP contribution in [0.5, 0.6) is 0 Å². The molecule has 0 radical (unpaired) electrons. The lowest BCUT2D eigenvalue weighted by atomic mass is 9.95. The molecular weight excluding hydrogens is 374 g/mol. The first-order valence-corrected chi connectivity index (χ1v) is 10.3. The van der Waals surface area contributed by atoms with Gasteiger partial charge in [-0.2, -0.15) is 0 Å². The number of benzene rings is 1. The van der Waals surface area contributed by atoms with Gasteiger partial charge in [-0.15, -0.1) is 0 Å². The minimum absolute atomic E-state index is 0.111. The van der Waals surface area contributed by atoms with E-state index in [9.17, 15) is 4.79 Å². The van der Waals surface area contributed by atoms with Crippen molar-refractivity contribution in [1.29, 1.82) is 0 Å². The molecule has 2 aromatic rings. The van der Waals surface area contributed by atoms with Crippen molar-refractivity contribution in [3.8, 4) is 0 Å². The molecule has 7 heteroatoms. The van der Waals surface area contributed by atoms with E-state index in [-0.39, 0.29) is 5.92 Å². The van der Waals surface area contributed by atoms with E-state index < -0.39 is 0 Å². The minimum atomic E-state index is 0.111. The van der Waals surface area contributed by atoms with Crippen molar-refractivity contribution in [1.82, 2.24) is 14.9 Å². The van der Waals surface area contributed by atoms with Crippen LogP contribution in [0.25, 0.3) is 0 Å². The summed E-state index contributed by atoms with van der Waals surface area (Å²) in [6.45, 7) is 7.02. The zero-order valence-corrected chi connectivity index (χ0v) is 17.0. The molecule has 0 aliphatic carbocycles. The number of piperazine rings is 1. The van der Waals surface area contributed by atoms with Gasteiger partial charge in [0.25, 0.3) is 0 Å². The predicted octanol–water partition coefficient (Wildman–Crippen LogP) is 3.00. The maximum absolute atomic E-state index is 13.0. The van der Waals surface area contributed by atoms with Crippen LogP contribution < -0.4 is 9.80 Å². The largest absolute Gasteiger partial charge is 0.368 e. The van der Waals surface area contributed by atoms with Gasteiger partial charge in [0.2, 0.25) is 11.9 Å². The summed E-state index contributed by atoms with van der Waals surface area (Å²) in [5.74, 6) is 1.18. The lowest BCUT2D eigenvalue weighted by molar-refractivity contribution is -0.136. The smallest absolute Gasteiger partial charge is 0.225 e. The molecule has 0 atom stereocenters. The summed E-state index contributed by atoms with van der Waals surface area (Å²) in [6, 6.07) is 7.83. The first kappa shape index (κ1) is 19.0. The van der Waals surface area contributed by atoms with Crippen LogP contribution in [0.2, 0.25) is 5.02 Å². The highest BCUT2D eigenvalue weighted by molar-refractivity contribution is 6.30. The summed E-state index contributed by atoms with van der Waals surface area (Å²) in [5.41, 5.74) is 2.40. The van der Waals surface area contributed by atoms with E-state index in [1.807, 2.05) is 23.1 Å². The van der Waals surface area contributed by atoms with Crippen LogP contribution in [-0.2, 0) is 4.79 Å². The van der Waals surface area contributed by atoms with Crippen molar-refractivity contribution < 1.29 is 4.79 Å². The molecule has 1 aromatic carbocycles. The maximum atomic E-state index is 13.0. The molecule has 2 aliphatic heterocycles. The van der Waals surface area contributed by atoms with Crippen LogP contribution in [0.1, 0.15) is 18.4 Å². The van der Waals surface area contributed by atoms with Gasteiger partial charge in [0.05, 0.1) is 0 Å². The molecule has 0 saturated carbocycles. The SMILES string of the molecule is Cc1ccc(Cl)cc1N1CCN(C(=O)C2CCN(c3ncccn3)CC2)CC1. The molecule has 28 heavy (non-hydrogen) atoms. The fraction of sp³-hybridized carbons (Fsp3) is 0.476. The van der Waals surface area contributed by atoms with Crippen molar-refractivity contribution in [2.75, 3.05) is 49.1 Å². The topological polar surface area (TPSA) is 52.6 Å². The third-order valence-corrected chi connectivity index (χ3v) is 6.02. The van der Waals surface area contributed by atoms with Crippen LogP contribution in [0.4, 0.5) is 11.6 Å². The molecule has 0 N–H and O–H groups in total. The summed E-state index contributed by atoms with van der Waals surface area (Å²) < 4.78 is 0. The molecule has 0 spiro atoms. The average molecular weight is 400 g/mol. The lowest BCUT2D eigenvalue weighted by Gasteiger charge is -2.39. The number of halogens is 1. The highest BCUT2D eigenvalue weighted by Crippen LogP contribution is 2.27. The number of nitrogens with zero attached hydrogens (tertiary/aromatic N) is 5. The van der Waals surface area contributed by atoms with Crippen molar-refractivity contribution >= 4 is 29.1 Å². The number of carbonyl (C=O) groups is 1. The molecule has 1 amide bonds. The number of hydrogen-bond donors (Lipinski definition) is 0. The first-order chi connectivity index (χ1) is 13.6. The Bertz CT molecular complexity index is 815. The van der Waals surface area contributed by atoms with Crippen molar-refractivity contribution in [3.05, 3.63) is 47.2 Å². The van der Waals surface area contributed by atoms with Crippen LogP contribution >= 0.6 is 11.6 Å². The molecule has 2 fully saturated rings. The molecule has 148 valence electrons. The van der Waals surface area contributed by atoms with E-state index >= 15 is 0 Å². The molecule has 0 bridgehead atoms. The molecule has 2 aliphatic rings. The Morgan fingerprint density at radius 2 is 1.68 bits per heavy atom. The average Bonchev–Trinajstić information content (AvgIpc) is 2.76. The van der Waals surface area contributed by atoms with Crippen LogP contribution in [0.3, 0.4) is 0 Å². The monoisotopic (exact) mass is 399 g/mol. The van der Waals surface area contributed by atoms with E-state index in [4.69, 9.17) is 11.6 Å². The van der Waals surface area contributed by atoms with E-state index in [0.29, 0.717) is 5.91 Å². The Morgan fingerprint density at radius 1 is 1.00 bits per heavy atom. The predicted molar refractivity (Wildman–Crippen MR) is 112 cm³/mol. The van der Waals surface area contributed by atoms with Crippen molar-refractivity contribution in [2.24, 2.45) is 5.92 Å². The van der Waals surface area contributed by atoms with Crippen LogP contribution in [0, 0.1) is 12.8 Å². The fourth-order valence-electron chi connectivity index (χ4n) is 4.13. The van der Waals surface area contributed by atoms with E-state index in [1.54, 1.807) is 12.4 Å². The fourth-order valence-corrected chi connectivity index (χ4v) is 4.30. The molecule has 1 aromatic heterocycles. The summed E-state index contributed by atoms with van der Waals surface area (Å²) >= 11 is 6.17. The number of aromatic nitrogens is 2. The third kappa shape index (κ3) is 4.07. The Balaban J connectivity index is 1.30.